The molecule has 1 amide bonds. The molecule has 5 heteroatoms. The fraction of sp³-hybridized carbons (Fsp3) is 0.333. The van der Waals surface area contributed by atoms with Crippen molar-refractivity contribution in [2.75, 3.05) is 5.32 Å². The minimum atomic E-state index is -0.611. The SMILES string of the molecule is CCC(C(=O)Nc1cccc(C)c1)C(N)=NO. The summed E-state index contributed by atoms with van der Waals surface area (Å²) in [7, 11) is 0. The van der Waals surface area contributed by atoms with Crippen LogP contribution < -0.4 is 11.1 Å². The number of aryl methyl sites for hydroxylation is 1. The van der Waals surface area contributed by atoms with Crippen molar-refractivity contribution in [2.45, 2.75) is 20.3 Å². The number of hydrogen-bond acceptors (Lipinski definition) is 3. The van der Waals surface area contributed by atoms with Crippen molar-refractivity contribution in [1.29, 1.82) is 0 Å². The van der Waals surface area contributed by atoms with E-state index in [4.69, 9.17) is 10.9 Å². The van der Waals surface area contributed by atoms with E-state index < -0.39 is 5.92 Å². The van der Waals surface area contributed by atoms with Crippen LogP contribution in [0.15, 0.2) is 29.4 Å². The normalized spacial score (nSPS) is 13.2. The summed E-state index contributed by atoms with van der Waals surface area (Å²) >= 11 is 0. The summed E-state index contributed by atoms with van der Waals surface area (Å²) in [6.07, 6.45) is 0.480. The second kappa shape index (κ2) is 5.89. The zero-order valence-corrected chi connectivity index (χ0v) is 9.97. The molecule has 0 radical (unpaired) electrons. The molecule has 0 fully saturated rings. The van der Waals surface area contributed by atoms with Gasteiger partial charge in [-0.2, -0.15) is 0 Å². The van der Waals surface area contributed by atoms with Crippen LogP contribution in [-0.4, -0.2) is 17.0 Å². The third-order valence-electron chi connectivity index (χ3n) is 2.48. The highest BCUT2D eigenvalue weighted by Gasteiger charge is 2.21. The van der Waals surface area contributed by atoms with Crippen LogP contribution in [-0.2, 0) is 4.79 Å². The Morgan fingerprint density at radius 2 is 2.29 bits per heavy atom. The minimum absolute atomic E-state index is 0.0716. The van der Waals surface area contributed by atoms with E-state index in [9.17, 15) is 4.79 Å². The number of carbonyl (C=O) groups is 1. The smallest absolute Gasteiger partial charge is 0.235 e. The summed E-state index contributed by atoms with van der Waals surface area (Å²) in [5.74, 6) is -0.952. The van der Waals surface area contributed by atoms with Crippen molar-refractivity contribution in [2.24, 2.45) is 16.8 Å². The first-order valence-corrected chi connectivity index (χ1v) is 5.43. The summed E-state index contributed by atoms with van der Waals surface area (Å²) < 4.78 is 0. The Morgan fingerprint density at radius 1 is 1.59 bits per heavy atom. The molecule has 0 saturated heterocycles. The predicted octanol–water partition coefficient (Wildman–Crippen LogP) is 1.71. The van der Waals surface area contributed by atoms with E-state index >= 15 is 0 Å². The second-order valence-electron chi connectivity index (χ2n) is 3.84. The zero-order valence-electron chi connectivity index (χ0n) is 9.97. The van der Waals surface area contributed by atoms with Gasteiger partial charge in [-0.1, -0.05) is 24.2 Å². The van der Waals surface area contributed by atoms with Gasteiger partial charge in [-0.05, 0) is 31.0 Å². The molecule has 1 unspecified atom stereocenters. The average molecular weight is 235 g/mol. The number of amidine groups is 1. The molecule has 0 aliphatic heterocycles. The lowest BCUT2D eigenvalue weighted by molar-refractivity contribution is -0.118. The number of rotatable bonds is 4. The number of amides is 1. The Hall–Kier alpha value is -2.04. The highest BCUT2D eigenvalue weighted by atomic mass is 16.4. The monoisotopic (exact) mass is 235 g/mol. The molecule has 0 spiro atoms. The van der Waals surface area contributed by atoms with Crippen LogP contribution in [0.1, 0.15) is 18.9 Å². The van der Waals surface area contributed by atoms with Crippen LogP contribution in [0.4, 0.5) is 5.69 Å². The van der Waals surface area contributed by atoms with Gasteiger partial charge >= 0.3 is 0 Å². The Bertz CT molecular complexity index is 430. The van der Waals surface area contributed by atoms with Gasteiger partial charge in [0, 0.05) is 5.69 Å². The highest BCUT2D eigenvalue weighted by molar-refractivity contribution is 6.07. The number of nitrogens with one attached hydrogen (secondary N) is 1. The summed E-state index contributed by atoms with van der Waals surface area (Å²) in [5.41, 5.74) is 7.21. The molecule has 5 nitrogen and oxygen atoms in total. The van der Waals surface area contributed by atoms with Gasteiger partial charge in [-0.25, -0.2) is 0 Å². The molecule has 0 aliphatic rings. The molecule has 0 aromatic heterocycles. The third kappa shape index (κ3) is 3.48. The first-order valence-electron chi connectivity index (χ1n) is 5.43. The highest BCUT2D eigenvalue weighted by Crippen LogP contribution is 2.12. The molecule has 0 heterocycles. The predicted molar refractivity (Wildman–Crippen MR) is 67.0 cm³/mol. The first kappa shape index (κ1) is 13.0. The van der Waals surface area contributed by atoms with E-state index in [1.165, 1.54) is 0 Å². The molecule has 0 bridgehead atoms. The molecule has 1 rings (SSSR count). The number of benzene rings is 1. The summed E-state index contributed by atoms with van der Waals surface area (Å²) in [4.78, 5) is 11.9. The molecule has 1 aromatic rings. The number of oxime groups is 1. The average Bonchev–Trinajstić information content (AvgIpc) is 2.29. The minimum Gasteiger partial charge on any atom is -0.409 e. The van der Waals surface area contributed by atoms with E-state index in [1.807, 2.05) is 25.1 Å². The fourth-order valence-corrected chi connectivity index (χ4v) is 1.55. The molecular weight excluding hydrogens is 218 g/mol. The fourth-order valence-electron chi connectivity index (χ4n) is 1.55. The zero-order chi connectivity index (χ0) is 12.8. The summed E-state index contributed by atoms with van der Waals surface area (Å²) in [5, 5.41) is 14.2. The van der Waals surface area contributed by atoms with E-state index in [2.05, 4.69) is 10.5 Å². The van der Waals surface area contributed by atoms with E-state index in [0.29, 0.717) is 12.1 Å². The van der Waals surface area contributed by atoms with Crippen molar-refractivity contribution in [3.63, 3.8) is 0 Å². The maximum Gasteiger partial charge on any atom is 0.235 e. The van der Waals surface area contributed by atoms with Crippen molar-refractivity contribution < 1.29 is 10.0 Å². The molecular formula is C12H17N3O2. The van der Waals surface area contributed by atoms with Gasteiger partial charge < -0.3 is 16.3 Å². The largest absolute Gasteiger partial charge is 0.409 e. The van der Waals surface area contributed by atoms with Crippen LogP contribution in [0.5, 0.6) is 0 Å². The molecule has 1 aromatic carbocycles. The lowest BCUT2D eigenvalue weighted by Gasteiger charge is -2.13. The maximum atomic E-state index is 11.9. The second-order valence-corrected chi connectivity index (χ2v) is 3.84. The van der Waals surface area contributed by atoms with Crippen molar-refractivity contribution in [3.05, 3.63) is 29.8 Å². The van der Waals surface area contributed by atoms with Crippen LogP contribution in [0.3, 0.4) is 0 Å². The van der Waals surface area contributed by atoms with Gasteiger partial charge in [-0.15, -0.1) is 0 Å². The van der Waals surface area contributed by atoms with E-state index in [-0.39, 0.29) is 11.7 Å². The Balaban J connectivity index is 2.78. The number of hydrogen-bond donors (Lipinski definition) is 3. The number of nitrogens with two attached hydrogens (primary N) is 1. The Kier molecular flexibility index (Phi) is 4.51. The van der Waals surface area contributed by atoms with Crippen LogP contribution in [0, 0.1) is 12.8 Å². The molecule has 1 atom stereocenters. The lowest BCUT2D eigenvalue weighted by atomic mass is 10.0. The van der Waals surface area contributed by atoms with E-state index in [0.717, 1.165) is 5.56 Å². The van der Waals surface area contributed by atoms with Crippen LogP contribution >= 0.6 is 0 Å². The molecule has 0 aliphatic carbocycles. The molecule has 17 heavy (non-hydrogen) atoms. The van der Waals surface area contributed by atoms with Gasteiger partial charge in [0.1, 0.15) is 0 Å². The Labute approximate surface area is 100 Å². The van der Waals surface area contributed by atoms with Gasteiger partial charge in [0.15, 0.2) is 5.84 Å². The molecule has 0 saturated carbocycles. The maximum absolute atomic E-state index is 11.9. The number of nitrogens with zero attached hydrogens (tertiary/aromatic N) is 1. The first-order chi connectivity index (χ1) is 8.08. The number of carbonyl (C=O) groups excluding carboxylic acids is 1. The number of anilines is 1. The van der Waals surface area contributed by atoms with Crippen molar-refractivity contribution in [3.8, 4) is 0 Å². The van der Waals surface area contributed by atoms with Crippen LogP contribution in [0.25, 0.3) is 0 Å². The van der Waals surface area contributed by atoms with Gasteiger partial charge in [0.25, 0.3) is 0 Å². The standard InChI is InChI=1S/C12H17N3O2/c1-3-10(11(13)15-17)12(16)14-9-6-4-5-8(2)7-9/h4-7,10,17H,3H2,1-2H3,(H2,13,15)(H,14,16). The quantitative estimate of drug-likeness (QED) is 0.321. The lowest BCUT2D eigenvalue weighted by Crippen LogP contribution is -2.34. The van der Waals surface area contributed by atoms with E-state index in [1.54, 1.807) is 13.0 Å². The van der Waals surface area contributed by atoms with Crippen molar-refractivity contribution in [1.82, 2.24) is 0 Å². The molecule has 4 N–H and O–H groups in total. The summed E-state index contributed by atoms with van der Waals surface area (Å²) in [6.45, 7) is 3.75. The third-order valence-corrected chi connectivity index (χ3v) is 2.48. The summed E-state index contributed by atoms with van der Waals surface area (Å²) in [6, 6.07) is 7.45. The van der Waals surface area contributed by atoms with Crippen LogP contribution in [0.2, 0.25) is 0 Å². The molecule has 92 valence electrons. The topological polar surface area (TPSA) is 87.7 Å². The van der Waals surface area contributed by atoms with Gasteiger partial charge in [-0.3, -0.25) is 4.79 Å². The van der Waals surface area contributed by atoms with Gasteiger partial charge in [0.05, 0.1) is 5.92 Å². The Morgan fingerprint density at radius 3 is 2.82 bits per heavy atom. The van der Waals surface area contributed by atoms with Crippen molar-refractivity contribution >= 4 is 17.4 Å². The van der Waals surface area contributed by atoms with Gasteiger partial charge in [0.2, 0.25) is 5.91 Å².